The van der Waals surface area contributed by atoms with E-state index in [-0.39, 0.29) is 5.91 Å². The van der Waals surface area contributed by atoms with E-state index in [1.54, 1.807) is 12.1 Å². The van der Waals surface area contributed by atoms with Gasteiger partial charge in [-0.15, -0.1) is 0 Å². The van der Waals surface area contributed by atoms with Gasteiger partial charge in [-0.2, -0.15) is 0 Å². The number of aromatic nitrogens is 2. The Kier molecular flexibility index (Phi) is 7.80. The molecule has 33 heavy (non-hydrogen) atoms. The summed E-state index contributed by atoms with van der Waals surface area (Å²) < 4.78 is 13.4. The van der Waals surface area contributed by atoms with Crippen molar-refractivity contribution in [1.29, 1.82) is 0 Å². The highest BCUT2D eigenvalue weighted by Crippen LogP contribution is 2.20. The van der Waals surface area contributed by atoms with E-state index in [4.69, 9.17) is 14.1 Å². The van der Waals surface area contributed by atoms with E-state index < -0.39 is 0 Å². The van der Waals surface area contributed by atoms with Crippen molar-refractivity contribution in [2.75, 3.05) is 13.2 Å². The molecule has 4 aromatic rings. The molecule has 0 aliphatic rings. The summed E-state index contributed by atoms with van der Waals surface area (Å²) in [4.78, 5) is 16.8. The molecule has 0 fully saturated rings. The first-order valence-corrected chi connectivity index (χ1v) is 11.7. The molecule has 0 radical (unpaired) electrons. The number of furan rings is 1. The zero-order valence-electron chi connectivity index (χ0n) is 19.1. The third-order valence-corrected chi connectivity index (χ3v) is 5.72. The molecule has 0 saturated heterocycles. The number of benzene rings is 2. The predicted octanol–water partition coefficient (Wildman–Crippen LogP) is 5.55. The van der Waals surface area contributed by atoms with Gasteiger partial charge in [-0.3, -0.25) is 4.79 Å². The molecule has 0 saturated carbocycles. The summed E-state index contributed by atoms with van der Waals surface area (Å²) >= 11 is 0. The smallest absolute Gasteiger partial charge is 0.286 e. The third kappa shape index (κ3) is 6.04. The Labute approximate surface area is 194 Å². The average molecular weight is 446 g/mol. The lowest BCUT2D eigenvalue weighted by molar-refractivity contribution is 0.0925. The van der Waals surface area contributed by atoms with E-state index >= 15 is 0 Å². The number of nitrogens with zero attached hydrogens (tertiary/aromatic N) is 2. The van der Waals surface area contributed by atoms with E-state index in [0.29, 0.717) is 18.9 Å². The summed E-state index contributed by atoms with van der Waals surface area (Å²) in [6.07, 6.45) is 6.32. The van der Waals surface area contributed by atoms with Crippen LogP contribution >= 0.6 is 0 Å². The van der Waals surface area contributed by atoms with Crippen LogP contribution in [0.2, 0.25) is 0 Å². The van der Waals surface area contributed by atoms with Crippen LogP contribution in [-0.2, 0) is 13.0 Å². The molecule has 6 nitrogen and oxygen atoms in total. The standard InChI is InChI=1S/C27H31N3O3/c1-21-11-4-7-14-24(21)32-20-10-18-30-23-13-6-5-12-22(23)29-26(30)16-3-2-8-17-28-27(31)25-15-9-19-33-25/h4-7,9,11-15,19H,2-3,8,10,16-18,20H2,1H3,(H,28,31). The van der Waals surface area contributed by atoms with Gasteiger partial charge in [0.05, 0.1) is 23.9 Å². The number of hydrogen-bond acceptors (Lipinski definition) is 4. The number of nitrogens with one attached hydrogen (secondary N) is 1. The lowest BCUT2D eigenvalue weighted by atomic mass is 10.2. The molecule has 0 atom stereocenters. The number of amides is 1. The maximum atomic E-state index is 11.9. The first kappa shape index (κ1) is 22.6. The van der Waals surface area contributed by atoms with Crippen LogP contribution in [0.3, 0.4) is 0 Å². The van der Waals surface area contributed by atoms with Gasteiger partial charge in [-0.25, -0.2) is 4.98 Å². The molecule has 0 spiro atoms. The number of unbranched alkanes of at least 4 members (excludes halogenated alkanes) is 2. The monoisotopic (exact) mass is 445 g/mol. The Morgan fingerprint density at radius 2 is 1.85 bits per heavy atom. The van der Waals surface area contributed by atoms with E-state index in [9.17, 15) is 4.79 Å². The molecule has 4 rings (SSSR count). The minimum atomic E-state index is -0.158. The molecule has 0 aliphatic carbocycles. The molecule has 0 aliphatic heterocycles. The Bertz CT molecular complexity index is 1160. The van der Waals surface area contributed by atoms with Gasteiger partial charge in [0, 0.05) is 19.5 Å². The number of carbonyl (C=O) groups excluding carboxylic acids is 1. The minimum Gasteiger partial charge on any atom is -0.493 e. The van der Waals surface area contributed by atoms with Crippen LogP contribution in [0.5, 0.6) is 5.75 Å². The first-order chi connectivity index (χ1) is 16.2. The largest absolute Gasteiger partial charge is 0.493 e. The van der Waals surface area contributed by atoms with Crippen molar-refractivity contribution in [3.8, 4) is 5.75 Å². The number of carbonyl (C=O) groups is 1. The normalized spacial score (nSPS) is 11.1. The molecule has 0 unspecified atom stereocenters. The van der Waals surface area contributed by atoms with Crippen LogP contribution in [0, 0.1) is 6.92 Å². The van der Waals surface area contributed by atoms with Crippen LogP contribution < -0.4 is 10.1 Å². The van der Waals surface area contributed by atoms with E-state index in [1.165, 1.54) is 11.8 Å². The summed E-state index contributed by atoms with van der Waals surface area (Å²) in [5, 5.41) is 2.90. The number of fused-ring (bicyclic) bond motifs is 1. The summed E-state index contributed by atoms with van der Waals surface area (Å²) in [7, 11) is 0. The summed E-state index contributed by atoms with van der Waals surface area (Å²) in [5.74, 6) is 2.27. The summed E-state index contributed by atoms with van der Waals surface area (Å²) in [6, 6.07) is 19.8. The summed E-state index contributed by atoms with van der Waals surface area (Å²) in [5.41, 5.74) is 3.37. The Balaban J connectivity index is 1.26. The van der Waals surface area contributed by atoms with Gasteiger partial charge in [0.1, 0.15) is 11.6 Å². The van der Waals surface area contributed by atoms with E-state index in [1.807, 2.05) is 24.3 Å². The first-order valence-electron chi connectivity index (χ1n) is 11.7. The van der Waals surface area contributed by atoms with Gasteiger partial charge in [0.25, 0.3) is 5.91 Å². The van der Waals surface area contributed by atoms with Gasteiger partial charge in [-0.05, 0) is 62.1 Å². The zero-order valence-corrected chi connectivity index (χ0v) is 19.1. The highest BCUT2D eigenvalue weighted by atomic mass is 16.5. The van der Waals surface area contributed by atoms with Crippen LogP contribution in [0.4, 0.5) is 0 Å². The van der Waals surface area contributed by atoms with Crippen molar-refractivity contribution in [1.82, 2.24) is 14.9 Å². The molecular formula is C27H31N3O3. The predicted molar refractivity (Wildman–Crippen MR) is 130 cm³/mol. The number of aryl methyl sites for hydroxylation is 3. The van der Waals surface area contributed by atoms with Crippen LogP contribution in [-0.4, -0.2) is 28.6 Å². The fourth-order valence-corrected chi connectivity index (χ4v) is 3.97. The van der Waals surface area contributed by atoms with Crippen molar-refractivity contribution in [3.63, 3.8) is 0 Å². The SMILES string of the molecule is Cc1ccccc1OCCCn1c(CCCCCNC(=O)c2ccco2)nc2ccccc21. The second-order valence-corrected chi connectivity index (χ2v) is 8.18. The van der Waals surface area contributed by atoms with Crippen molar-refractivity contribution in [2.24, 2.45) is 0 Å². The van der Waals surface area contributed by atoms with Crippen LogP contribution in [0.1, 0.15) is 47.6 Å². The van der Waals surface area contributed by atoms with Crippen molar-refractivity contribution in [2.45, 2.75) is 45.6 Å². The zero-order chi connectivity index (χ0) is 22.9. The minimum absolute atomic E-state index is 0.158. The Morgan fingerprint density at radius 3 is 2.70 bits per heavy atom. The lowest BCUT2D eigenvalue weighted by Crippen LogP contribution is -2.23. The van der Waals surface area contributed by atoms with Crippen molar-refractivity contribution in [3.05, 3.63) is 84.1 Å². The number of rotatable bonds is 12. The number of imidazole rings is 1. The van der Waals surface area contributed by atoms with Gasteiger partial charge < -0.3 is 19.0 Å². The highest BCUT2D eigenvalue weighted by Gasteiger charge is 2.11. The van der Waals surface area contributed by atoms with Crippen molar-refractivity contribution < 1.29 is 13.9 Å². The van der Waals surface area contributed by atoms with Crippen LogP contribution in [0.15, 0.2) is 71.3 Å². The molecular weight excluding hydrogens is 414 g/mol. The van der Waals surface area contributed by atoms with Gasteiger partial charge >= 0.3 is 0 Å². The molecule has 2 heterocycles. The molecule has 0 bridgehead atoms. The fourth-order valence-electron chi connectivity index (χ4n) is 3.97. The molecule has 6 heteroatoms. The van der Waals surface area contributed by atoms with Gasteiger partial charge in [0.2, 0.25) is 0 Å². The molecule has 172 valence electrons. The van der Waals surface area contributed by atoms with E-state index in [2.05, 4.69) is 41.1 Å². The second-order valence-electron chi connectivity index (χ2n) is 8.18. The fraction of sp³-hybridized carbons (Fsp3) is 0.333. The number of para-hydroxylation sites is 3. The Morgan fingerprint density at radius 1 is 1.00 bits per heavy atom. The summed E-state index contributed by atoms with van der Waals surface area (Å²) in [6.45, 7) is 4.26. The molecule has 1 amide bonds. The highest BCUT2D eigenvalue weighted by molar-refractivity contribution is 5.91. The van der Waals surface area contributed by atoms with Gasteiger partial charge in [-0.1, -0.05) is 36.8 Å². The Hall–Kier alpha value is -3.54. The van der Waals surface area contributed by atoms with Crippen molar-refractivity contribution >= 4 is 16.9 Å². The van der Waals surface area contributed by atoms with Gasteiger partial charge in [0.15, 0.2) is 5.76 Å². The molecule has 1 N–H and O–H groups in total. The second kappa shape index (κ2) is 11.4. The molecule has 2 aromatic heterocycles. The topological polar surface area (TPSA) is 69.3 Å². The number of hydrogen-bond donors (Lipinski definition) is 1. The number of ether oxygens (including phenoxy) is 1. The average Bonchev–Trinajstić information content (AvgIpc) is 3.48. The maximum absolute atomic E-state index is 11.9. The molecule has 2 aromatic carbocycles. The van der Waals surface area contributed by atoms with Crippen LogP contribution in [0.25, 0.3) is 11.0 Å². The van der Waals surface area contributed by atoms with E-state index in [0.717, 1.165) is 61.3 Å². The third-order valence-electron chi connectivity index (χ3n) is 5.72. The maximum Gasteiger partial charge on any atom is 0.286 e. The lowest BCUT2D eigenvalue weighted by Gasteiger charge is -2.12. The quantitative estimate of drug-likeness (QED) is 0.290.